The van der Waals surface area contributed by atoms with Crippen molar-refractivity contribution in [2.75, 3.05) is 0 Å². The highest BCUT2D eigenvalue weighted by molar-refractivity contribution is 5.99. The van der Waals surface area contributed by atoms with Crippen LogP contribution in [0.5, 0.6) is 0 Å². The lowest BCUT2D eigenvalue weighted by Crippen LogP contribution is -2.45. The third-order valence-electron chi connectivity index (χ3n) is 2.69. The molecular weight excluding hydrogens is 286 g/mol. The Morgan fingerprint density at radius 3 is 2.27 bits per heavy atom. The fourth-order valence-corrected chi connectivity index (χ4v) is 1.82. The number of alkyl carbamates (subject to hydrolysis) is 1. The van der Waals surface area contributed by atoms with Gasteiger partial charge in [-0.05, 0) is 32.8 Å². The Balaban J connectivity index is 2.80. The van der Waals surface area contributed by atoms with Crippen LogP contribution in [0.4, 0.5) is 4.79 Å². The van der Waals surface area contributed by atoms with Crippen LogP contribution in [0.15, 0.2) is 30.3 Å². The van der Waals surface area contributed by atoms with Crippen LogP contribution in [-0.4, -0.2) is 34.6 Å². The first-order valence-electron chi connectivity index (χ1n) is 6.95. The Morgan fingerprint density at radius 2 is 1.77 bits per heavy atom. The molecule has 0 aliphatic rings. The van der Waals surface area contributed by atoms with Crippen molar-refractivity contribution in [3.05, 3.63) is 35.9 Å². The number of ketones is 1. The largest absolute Gasteiger partial charge is 0.481 e. The summed E-state index contributed by atoms with van der Waals surface area (Å²) in [4.78, 5) is 34.5. The molecule has 6 heteroatoms. The van der Waals surface area contributed by atoms with Crippen LogP contribution in [0.1, 0.15) is 32.8 Å². The summed E-state index contributed by atoms with van der Waals surface area (Å²) in [6, 6.07) is 8.12. The predicted octanol–water partition coefficient (Wildman–Crippen LogP) is 2.17. The maximum absolute atomic E-state index is 12.0. The number of benzene rings is 1. The van der Waals surface area contributed by atoms with Crippen molar-refractivity contribution < 1.29 is 24.2 Å². The van der Waals surface area contributed by atoms with Gasteiger partial charge in [0.1, 0.15) is 12.0 Å². The molecule has 0 heterocycles. The Labute approximate surface area is 129 Å². The van der Waals surface area contributed by atoms with E-state index in [4.69, 9.17) is 9.84 Å². The average Bonchev–Trinajstić information content (AvgIpc) is 2.36. The minimum absolute atomic E-state index is 0.214. The Hall–Kier alpha value is -2.37. The summed E-state index contributed by atoms with van der Waals surface area (Å²) < 4.78 is 5.11. The zero-order valence-electron chi connectivity index (χ0n) is 13.0. The van der Waals surface area contributed by atoms with Gasteiger partial charge in [0.25, 0.3) is 0 Å². The van der Waals surface area contributed by atoms with Gasteiger partial charge in [-0.2, -0.15) is 0 Å². The first-order valence-corrected chi connectivity index (χ1v) is 6.95. The van der Waals surface area contributed by atoms with Crippen molar-refractivity contribution in [3.8, 4) is 0 Å². The molecule has 0 unspecified atom stereocenters. The highest BCUT2D eigenvalue weighted by atomic mass is 16.6. The number of carboxylic acids is 1. The highest BCUT2D eigenvalue weighted by Gasteiger charge is 2.25. The number of hydrogen-bond donors (Lipinski definition) is 2. The minimum atomic E-state index is -1.23. The van der Waals surface area contributed by atoms with E-state index >= 15 is 0 Å². The van der Waals surface area contributed by atoms with E-state index in [9.17, 15) is 14.4 Å². The molecule has 0 aliphatic carbocycles. The van der Waals surface area contributed by atoms with Crippen LogP contribution in [0.3, 0.4) is 0 Å². The molecule has 120 valence electrons. The summed E-state index contributed by atoms with van der Waals surface area (Å²) >= 11 is 0. The number of aliphatic carboxylic acids is 1. The van der Waals surface area contributed by atoms with Gasteiger partial charge in [-0.25, -0.2) is 4.79 Å². The molecule has 1 amide bonds. The molecule has 2 N–H and O–H groups in total. The van der Waals surface area contributed by atoms with Gasteiger partial charge in [0.2, 0.25) is 0 Å². The normalized spacial score (nSPS) is 12.3. The second-order valence-corrected chi connectivity index (χ2v) is 5.93. The molecule has 1 aromatic carbocycles. The summed E-state index contributed by atoms with van der Waals surface area (Å²) in [5.74, 6) is -1.80. The topological polar surface area (TPSA) is 92.7 Å². The summed E-state index contributed by atoms with van der Waals surface area (Å²) in [5, 5.41) is 11.2. The Bertz CT molecular complexity index is 533. The zero-order chi connectivity index (χ0) is 16.8. The number of nitrogens with one attached hydrogen (secondary N) is 1. The number of ether oxygens (including phenoxy) is 1. The SMILES string of the molecule is CC(C)(C)OC(=O)N[C@@H](Cc1ccccc1)C(=O)CC(=O)O. The number of carboxylic acid groups (broad SMARTS) is 1. The molecule has 0 aromatic heterocycles. The zero-order valence-corrected chi connectivity index (χ0v) is 13.0. The maximum atomic E-state index is 12.0. The first kappa shape index (κ1) is 17.7. The van der Waals surface area contributed by atoms with Gasteiger partial charge in [-0.3, -0.25) is 9.59 Å². The highest BCUT2D eigenvalue weighted by Crippen LogP contribution is 2.09. The van der Waals surface area contributed by atoms with E-state index in [-0.39, 0.29) is 6.42 Å². The van der Waals surface area contributed by atoms with Crippen molar-refractivity contribution >= 4 is 17.8 Å². The van der Waals surface area contributed by atoms with Gasteiger partial charge in [0, 0.05) is 0 Å². The van der Waals surface area contributed by atoms with Crippen molar-refractivity contribution in [3.63, 3.8) is 0 Å². The van der Waals surface area contributed by atoms with E-state index in [2.05, 4.69) is 5.32 Å². The van der Waals surface area contributed by atoms with Crippen LogP contribution in [0.2, 0.25) is 0 Å². The average molecular weight is 307 g/mol. The second kappa shape index (κ2) is 7.59. The van der Waals surface area contributed by atoms with Gasteiger partial charge in [-0.1, -0.05) is 30.3 Å². The van der Waals surface area contributed by atoms with Gasteiger partial charge in [0.05, 0.1) is 6.04 Å². The van der Waals surface area contributed by atoms with Gasteiger partial charge >= 0.3 is 12.1 Å². The van der Waals surface area contributed by atoms with Crippen molar-refractivity contribution in [1.29, 1.82) is 0 Å². The molecule has 0 saturated heterocycles. The number of Topliss-reactive ketones (excluding diaryl/α,β-unsaturated/α-hetero) is 1. The van der Waals surface area contributed by atoms with Gasteiger partial charge < -0.3 is 15.2 Å². The van der Waals surface area contributed by atoms with E-state index in [1.165, 1.54) is 0 Å². The third kappa shape index (κ3) is 6.88. The molecule has 6 nitrogen and oxygen atoms in total. The molecular formula is C16H21NO5. The number of carbonyl (C=O) groups excluding carboxylic acids is 2. The molecule has 0 bridgehead atoms. The summed E-state index contributed by atoms with van der Waals surface area (Å²) in [7, 11) is 0. The fraction of sp³-hybridized carbons (Fsp3) is 0.438. The summed E-state index contributed by atoms with van der Waals surface area (Å²) in [5.41, 5.74) is 0.124. The molecule has 0 fully saturated rings. The lowest BCUT2D eigenvalue weighted by atomic mass is 10.0. The molecule has 0 radical (unpaired) electrons. The lowest BCUT2D eigenvalue weighted by molar-refractivity contribution is -0.140. The van der Waals surface area contributed by atoms with Crippen LogP contribution in [0, 0.1) is 0 Å². The maximum Gasteiger partial charge on any atom is 0.408 e. The molecule has 0 spiro atoms. The van der Waals surface area contributed by atoms with E-state index in [1.807, 2.05) is 18.2 Å². The third-order valence-corrected chi connectivity index (χ3v) is 2.69. The Morgan fingerprint density at radius 1 is 1.18 bits per heavy atom. The minimum Gasteiger partial charge on any atom is -0.481 e. The number of amides is 1. The molecule has 0 saturated carbocycles. The summed E-state index contributed by atoms with van der Waals surface area (Å²) in [6.07, 6.45) is -1.17. The summed E-state index contributed by atoms with van der Waals surface area (Å²) in [6.45, 7) is 5.12. The number of hydrogen-bond acceptors (Lipinski definition) is 4. The van der Waals surface area contributed by atoms with Crippen LogP contribution >= 0.6 is 0 Å². The lowest BCUT2D eigenvalue weighted by Gasteiger charge is -2.23. The quantitative estimate of drug-likeness (QED) is 0.786. The molecule has 1 rings (SSSR count). The smallest absolute Gasteiger partial charge is 0.408 e. The molecule has 1 atom stereocenters. The van der Waals surface area contributed by atoms with Crippen molar-refractivity contribution in [1.82, 2.24) is 5.32 Å². The van der Waals surface area contributed by atoms with Crippen LogP contribution in [0.25, 0.3) is 0 Å². The monoisotopic (exact) mass is 307 g/mol. The van der Waals surface area contributed by atoms with E-state index < -0.39 is 35.9 Å². The van der Waals surface area contributed by atoms with Crippen LogP contribution < -0.4 is 5.32 Å². The van der Waals surface area contributed by atoms with Gasteiger partial charge in [0.15, 0.2) is 5.78 Å². The van der Waals surface area contributed by atoms with Crippen molar-refractivity contribution in [2.45, 2.75) is 45.3 Å². The van der Waals surface area contributed by atoms with Gasteiger partial charge in [-0.15, -0.1) is 0 Å². The van der Waals surface area contributed by atoms with E-state index in [0.717, 1.165) is 5.56 Å². The Kier molecular flexibility index (Phi) is 6.10. The molecule has 1 aromatic rings. The molecule has 0 aliphatic heterocycles. The number of carbonyl (C=O) groups is 3. The first-order chi connectivity index (χ1) is 10.2. The van der Waals surface area contributed by atoms with Crippen LogP contribution in [-0.2, 0) is 20.7 Å². The van der Waals surface area contributed by atoms with E-state index in [1.54, 1.807) is 32.9 Å². The second-order valence-electron chi connectivity index (χ2n) is 5.93. The van der Waals surface area contributed by atoms with E-state index in [0.29, 0.717) is 0 Å². The standard InChI is InChI=1S/C16H21NO5/c1-16(2,3)22-15(21)17-12(13(18)10-14(19)20)9-11-7-5-4-6-8-11/h4-8,12H,9-10H2,1-3H3,(H,17,21)(H,19,20)/t12-/m0/s1. The fourth-order valence-electron chi connectivity index (χ4n) is 1.82. The predicted molar refractivity (Wildman–Crippen MR) is 80.6 cm³/mol. The van der Waals surface area contributed by atoms with Crippen molar-refractivity contribution in [2.24, 2.45) is 0 Å². The number of rotatable bonds is 6. The molecule has 22 heavy (non-hydrogen) atoms.